The van der Waals surface area contributed by atoms with Crippen LogP contribution in [0, 0.1) is 11.8 Å². The third-order valence-electron chi connectivity index (χ3n) is 5.15. The molecule has 0 atom stereocenters. The summed E-state index contributed by atoms with van der Waals surface area (Å²) >= 11 is 0. The van der Waals surface area contributed by atoms with Crippen LogP contribution in [0.5, 0.6) is 0 Å². The third-order valence-corrected chi connectivity index (χ3v) is 5.15. The van der Waals surface area contributed by atoms with Gasteiger partial charge in [-0.05, 0) is 62.3 Å². The first-order chi connectivity index (χ1) is 14.6. The van der Waals surface area contributed by atoms with E-state index < -0.39 is 11.4 Å². The van der Waals surface area contributed by atoms with Crippen molar-refractivity contribution >= 4 is 22.8 Å². The maximum absolute atomic E-state index is 12.9. The van der Waals surface area contributed by atoms with Crippen LogP contribution in [0.4, 0.5) is 0 Å². The van der Waals surface area contributed by atoms with E-state index in [1.807, 2.05) is 24.3 Å². The summed E-state index contributed by atoms with van der Waals surface area (Å²) in [7, 11) is 0. The molecule has 7 nitrogen and oxygen atoms in total. The van der Waals surface area contributed by atoms with Crippen molar-refractivity contribution in [2.75, 3.05) is 13.1 Å². The van der Waals surface area contributed by atoms with Gasteiger partial charge in [-0.3, -0.25) is 14.8 Å². The summed E-state index contributed by atoms with van der Waals surface area (Å²) in [4.78, 5) is 24.3. The van der Waals surface area contributed by atoms with Gasteiger partial charge in [-0.1, -0.05) is 30.0 Å². The number of hydrogen-bond donors (Lipinski definition) is 4. The summed E-state index contributed by atoms with van der Waals surface area (Å²) in [6.45, 7) is 1.48. The van der Waals surface area contributed by atoms with Crippen LogP contribution >= 0.6 is 0 Å². The largest absolute Gasteiger partial charge is 0.451 e. The average molecular weight is 403 g/mol. The zero-order valence-corrected chi connectivity index (χ0v) is 16.2. The van der Waals surface area contributed by atoms with Crippen LogP contribution in [0.3, 0.4) is 0 Å². The van der Waals surface area contributed by atoms with Gasteiger partial charge in [0.2, 0.25) is 0 Å². The SMILES string of the molecule is O=C(NO)c1ccc(C#CC2(NC(=O)c3cc4ccccc4o3)CCNCC2)cc1. The Bertz CT molecular complexity index is 1100. The second-order valence-electron chi connectivity index (χ2n) is 7.20. The number of piperidine rings is 1. The first kappa shape index (κ1) is 19.7. The van der Waals surface area contributed by atoms with E-state index in [9.17, 15) is 9.59 Å². The number of furan rings is 1. The molecule has 1 fully saturated rings. The Hall–Kier alpha value is -3.60. The van der Waals surface area contributed by atoms with Crippen LogP contribution in [0.2, 0.25) is 0 Å². The number of para-hydroxylation sites is 1. The first-order valence-corrected chi connectivity index (χ1v) is 9.68. The van der Waals surface area contributed by atoms with Crippen molar-refractivity contribution in [1.82, 2.24) is 16.1 Å². The Labute approximate surface area is 173 Å². The Kier molecular flexibility index (Phi) is 5.53. The van der Waals surface area contributed by atoms with E-state index in [-0.39, 0.29) is 11.7 Å². The van der Waals surface area contributed by atoms with Crippen LogP contribution in [-0.2, 0) is 0 Å². The number of carbonyl (C=O) groups excluding carboxylic acids is 2. The zero-order valence-electron chi connectivity index (χ0n) is 16.2. The normalized spacial score (nSPS) is 15.1. The van der Waals surface area contributed by atoms with Crippen molar-refractivity contribution in [2.24, 2.45) is 0 Å². The van der Waals surface area contributed by atoms with Gasteiger partial charge in [0.1, 0.15) is 11.1 Å². The molecular weight excluding hydrogens is 382 g/mol. The van der Waals surface area contributed by atoms with Crippen molar-refractivity contribution in [3.05, 3.63) is 71.5 Å². The van der Waals surface area contributed by atoms with E-state index in [1.165, 1.54) is 0 Å². The molecule has 1 aliphatic heterocycles. The maximum Gasteiger partial charge on any atom is 0.288 e. The van der Waals surface area contributed by atoms with Crippen molar-refractivity contribution in [2.45, 2.75) is 18.4 Å². The Morgan fingerprint density at radius 1 is 1.03 bits per heavy atom. The summed E-state index contributed by atoms with van der Waals surface area (Å²) < 4.78 is 5.69. The van der Waals surface area contributed by atoms with Crippen LogP contribution in [0.15, 0.2) is 59.0 Å². The van der Waals surface area contributed by atoms with Gasteiger partial charge in [-0.25, -0.2) is 5.48 Å². The molecule has 0 bridgehead atoms. The molecule has 2 aromatic carbocycles. The van der Waals surface area contributed by atoms with Gasteiger partial charge in [-0.15, -0.1) is 0 Å². The molecule has 0 aliphatic carbocycles. The number of fused-ring (bicyclic) bond motifs is 1. The van der Waals surface area contributed by atoms with Crippen molar-refractivity contribution in [1.29, 1.82) is 0 Å². The monoisotopic (exact) mass is 403 g/mol. The lowest BCUT2D eigenvalue weighted by Gasteiger charge is -2.33. The van der Waals surface area contributed by atoms with Gasteiger partial charge in [0.15, 0.2) is 5.76 Å². The highest BCUT2D eigenvalue weighted by molar-refractivity contribution is 5.96. The molecule has 30 heavy (non-hydrogen) atoms. The van der Waals surface area contributed by atoms with Crippen LogP contribution < -0.4 is 16.1 Å². The molecule has 4 rings (SSSR count). The van der Waals surface area contributed by atoms with Crippen molar-refractivity contribution in [3.63, 3.8) is 0 Å². The third kappa shape index (κ3) is 4.20. The Morgan fingerprint density at radius 3 is 2.47 bits per heavy atom. The van der Waals surface area contributed by atoms with Gasteiger partial charge in [-0.2, -0.15) is 0 Å². The van der Waals surface area contributed by atoms with E-state index in [0.717, 1.165) is 18.5 Å². The molecule has 1 aliphatic rings. The molecule has 0 radical (unpaired) electrons. The summed E-state index contributed by atoms with van der Waals surface area (Å²) in [6.07, 6.45) is 1.33. The molecule has 1 aromatic heterocycles. The van der Waals surface area contributed by atoms with E-state index in [2.05, 4.69) is 22.5 Å². The van der Waals surface area contributed by atoms with E-state index in [0.29, 0.717) is 29.6 Å². The molecule has 2 heterocycles. The second-order valence-corrected chi connectivity index (χ2v) is 7.20. The molecular formula is C23H21N3O4. The number of nitrogens with one attached hydrogen (secondary N) is 3. The minimum atomic E-state index is -0.678. The number of amides is 2. The van der Waals surface area contributed by atoms with Gasteiger partial charge in [0, 0.05) is 16.5 Å². The fourth-order valence-corrected chi connectivity index (χ4v) is 3.47. The summed E-state index contributed by atoms with van der Waals surface area (Å²) in [6, 6.07) is 15.8. The topological polar surface area (TPSA) is 104 Å². The van der Waals surface area contributed by atoms with E-state index >= 15 is 0 Å². The smallest absolute Gasteiger partial charge is 0.288 e. The van der Waals surface area contributed by atoms with Gasteiger partial charge in [0.25, 0.3) is 11.8 Å². The Balaban J connectivity index is 1.56. The van der Waals surface area contributed by atoms with Crippen molar-refractivity contribution in [3.8, 4) is 11.8 Å². The molecule has 4 N–H and O–H groups in total. The van der Waals surface area contributed by atoms with E-state index in [4.69, 9.17) is 9.62 Å². The number of carbonyl (C=O) groups is 2. The number of rotatable bonds is 3. The molecule has 0 unspecified atom stereocenters. The minimum Gasteiger partial charge on any atom is -0.451 e. The molecule has 2 amide bonds. The van der Waals surface area contributed by atoms with Crippen molar-refractivity contribution < 1.29 is 19.2 Å². The molecule has 3 aromatic rings. The average Bonchev–Trinajstić information content (AvgIpc) is 3.23. The second kappa shape index (κ2) is 8.41. The molecule has 152 valence electrons. The van der Waals surface area contributed by atoms with Gasteiger partial charge < -0.3 is 15.1 Å². The molecule has 7 heteroatoms. The van der Waals surface area contributed by atoms with Gasteiger partial charge in [0.05, 0.1) is 0 Å². The fourth-order valence-electron chi connectivity index (χ4n) is 3.47. The lowest BCUT2D eigenvalue weighted by molar-refractivity contribution is 0.0706. The summed E-state index contributed by atoms with van der Waals surface area (Å²) in [5, 5.41) is 15.9. The summed E-state index contributed by atoms with van der Waals surface area (Å²) in [5.41, 5.74) is 2.63. The molecule has 0 spiro atoms. The highest BCUT2D eigenvalue weighted by atomic mass is 16.5. The zero-order chi connectivity index (χ0) is 21.0. The molecule has 1 saturated heterocycles. The quantitative estimate of drug-likeness (QED) is 0.306. The minimum absolute atomic E-state index is 0.260. The van der Waals surface area contributed by atoms with Gasteiger partial charge >= 0.3 is 0 Å². The van der Waals surface area contributed by atoms with Crippen LogP contribution in [-0.4, -0.2) is 35.7 Å². The fraction of sp³-hybridized carbons (Fsp3) is 0.217. The maximum atomic E-state index is 12.9. The first-order valence-electron chi connectivity index (χ1n) is 9.68. The standard InChI is InChI=1S/C23H21N3O4/c27-21(26-29)17-7-5-16(6-8-17)9-10-23(11-13-24-14-12-23)25-22(28)20-15-18-3-1-2-4-19(18)30-20/h1-8,15,24,29H,11-14H2,(H,25,28)(H,26,27). The predicted octanol–water partition coefficient (Wildman–Crippen LogP) is 2.46. The van der Waals surface area contributed by atoms with E-state index in [1.54, 1.807) is 35.8 Å². The highest BCUT2D eigenvalue weighted by Crippen LogP contribution is 2.22. The number of hydroxylamine groups is 1. The van der Waals surface area contributed by atoms with Crippen LogP contribution in [0.25, 0.3) is 11.0 Å². The molecule has 0 saturated carbocycles. The predicted molar refractivity (Wildman–Crippen MR) is 111 cm³/mol. The highest BCUT2D eigenvalue weighted by Gasteiger charge is 2.33. The van der Waals surface area contributed by atoms with Crippen LogP contribution in [0.1, 0.15) is 39.3 Å². The number of benzene rings is 2. The number of hydrogen-bond acceptors (Lipinski definition) is 5. The summed E-state index contributed by atoms with van der Waals surface area (Å²) in [5.74, 6) is 5.72. The lowest BCUT2D eigenvalue weighted by atomic mass is 9.88. The lowest BCUT2D eigenvalue weighted by Crippen LogP contribution is -2.53. The Morgan fingerprint density at radius 2 is 1.77 bits per heavy atom.